The van der Waals surface area contributed by atoms with Crippen LogP contribution in [0, 0.1) is 11.7 Å². The third-order valence-electron chi connectivity index (χ3n) is 6.41. The minimum atomic E-state index is -0.267. The van der Waals surface area contributed by atoms with Crippen molar-refractivity contribution in [1.82, 2.24) is 4.90 Å². The van der Waals surface area contributed by atoms with Crippen molar-refractivity contribution in [3.05, 3.63) is 66.5 Å². The number of carbonyl (C=O) groups is 1. The highest BCUT2D eigenvalue weighted by atomic mass is 19.1. The van der Waals surface area contributed by atoms with Crippen LogP contribution in [0.5, 0.6) is 5.75 Å². The van der Waals surface area contributed by atoms with Gasteiger partial charge in [0, 0.05) is 6.04 Å². The number of hydrogen-bond donors (Lipinski definition) is 0. The molecular formula is C29H40FNO2. The molecule has 2 aromatic rings. The van der Waals surface area contributed by atoms with Crippen LogP contribution in [0.4, 0.5) is 4.39 Å². The van der Waals surface area contributed by atoms with E-state index < -0.39 is 0 Å². The van der Waals surface area contributed by atoms with E-state index in [1.54, 1.807) is 12.1 Å². The summed E-state index contributed by atoms with van der Waals surface area (Å²) in [6, 6.07) is 14.6. The summed E-state index contributed by atoms with van der Waals surface area (Å²) in [5.74, 6) is 0.640. The number of benzene rings is 2. The Morgan fingerprint density at radius 2 is 1.67 bits per heavy atom. The van der Waals surface area contributed by atoms with Crippen molar-refractivity contribution >= 4 is 6.29 Å². The topological polar surface area (TPSA) is 29.5 Å². The molecule has 0 radical (unpaired) electrons. The van der Waals surface area contributed by atoms with Gasteiger partial charge in [0.1, 0.15) is 6.29 Å². The Hall–Kier alpha value is -2.46. The molecule has 0 N–H and O–H groups in total. The number of rotatable bonds is 10. The molecule has 4 heteroatoms. The van der Waals surface area contributed by atoms with Gasteiger partial charge in [-0.15, -0.1) is 0 Å². The summed E-state index contributed by atoms with van der Waals surface area (Å²) in [5.41, 5.74) is 3.31. The molecule has 0 spiro atoms. The van der Waals surface area contributed by atoms with Crippen LogP contribution in [0.3, 0.4) is 0 Å². The first-order valence-corrected chi connectivity index (χ1v) is 12.2. The molecule has 0 heterocycles. The fourth-order valence-corrected chi connectivity index (χ4v) is 4.28. The Bertz CT molecular complexity index is 833. The van der Waals surface area contributed by atoms with Crippen molar-refractivity contribution in [3.63, 3.8) is 0 Å². The molecule has 3 rings (SSSR count). The monoisotopic (exact) mass is 453 g/mol. The second kappa shape index (κ2) is 14.6. The highest BCUT2D eigenvalue weighted by Gasteiger charge is 2.23. The Morgan fingerprint density at radius 3 is 2.21 bits per heavy atom. The maximum atomic E-state index is 14.6. The second-order valence-corrected chi connectivity index (χ2v) is 9.12. The summed E-state index contributed by atoms with van der Waals surface area (Å²) >= 11 is 0. The third kappa shape index (κ3) is 9.13. The number of halogens is 1. The van der Waals surface area contributed by atoms with Gasteiger partial charge >= 0.3 is 0 Å². The average molecular weight is 454 g/mol. The number of unbranched alkanes of at least 4 members (excludes halogenated alkanes) is 2. The smallest absolute Gasteiger partial charge is 0.165 e. The van der Waals surface area contributed by atoms with Crippen molar-refractivity contribution in [3.8, 4) is 16.9 Å². The second-order valence-electron chi connectivity index (χ2n) is 9.12. The Balaban J connectivity index is 0.000000890. The highest BCUT2D eigenvalue weighted by molar-refractivity contribution is 5.64. The summed E-state index contributed by atoms with van der Waals surface area (Å²) in [6.45, 7) is 5.95. The fraction of sp³-hybridized carbons (Fsp3) is 0.483. The molecule has 1 aliphatic carbocycles. The number of aryl methyl sites for hydroxylation is 1. The van der Waals surface area contributed by atoms with Gasteiger partial charge in [-0.05, 0) is 93.4 Å². The van der Waals surface area contributed by atoms with Crippen molar-refractivity contribution in [2.45, 2.75) is 64.3 Å². The Kier molecular flexibility index (Phi) is 11.9. The molecule has 0 saturated heterocycles. The Labute approximate surface area is 199 Å². The van der Waals surface area contributed by atoms with Crippen LogP contribution in [0.2, 0.25) is 0 Å². The van der Waals surface area contributed by atoms with E-state index in [1.807, 2.05) is 6.07 Å². The van der Waals surface area contributed by atoms with Crippen LogP contribution in [-0.2, 0) is 11.2 Å². The molecule has 3 nitrogen and oxygen atoms in total. The lowest BCUT2D eigenvalue weighted by molar-refractivity contribution is -0.104. The number of nitrogens with zero attached hydrogens (tertiary/aromatic N) is 1. The number of hydrogen-bond acceptors (Lipinski definition) is 3. The first kappa shape index (κ1) is 26.8. The molecule has 0 amide bonds. The summed E-state index contributed by atoms with van der Waals surface area (Å²) in [6.07, 6.45) is 11.4. The minimum Gasteiger partial charge on any atom is -0.490 e. The van der Waals surface area contributed by atoms with E-state index in [1.165, 1.54) is 43.7 Å². The van der Waals surface area contributed by atoms with Gasteiger partial charge in [-0.3, -0.25) is 4.79 Å². The van der Waals surface area contributed by atoms with Crippen molar-refractivity contribution in [2.75, 3.05) is 20.7 Å². The van der Waals surface area contributed by atoms with Gasteiger partial charge in [-0.1, -0.05) is 56.7 Å². The van der Waals surface area contributed by atoms with Gasteiger partial charge in [-0.2, -0.15) is 0 Å². The minimum absolute atomic E-state index is 0.267. The van der Waals surface area contributed by atoms with E-state index in [0.29, 0.717) is 30.6 Å². The fourth-order valence-electron chi connectivity index (χ4n) is 4.28. The van der Waals surface area contributed by atoms with Crippen LogP contribution in [-0.4, -0.2) is 37.9 Å². The number of aldehydes is 1. The third-order valence-corrected chi connectivity index (χ3v) is 6.41. The quantitative estimate of drug-likeness (QED) is 0.218. The predicted octanol–water partition coefficient (Wildman–Crippen LogP) is 7.10. The van der Waals surface area contributed by atoms with Crippen molar-refractivity contribution in [2.24, 2.45) is 5.92 Å². The molecule has 0 aliphatic heterocycles. The van der Waals surface area contributed by atoms with Crippen LogP contribution >= 0.6 is 0 Å². The van der Waals surface area contributed by atoms with Gasteiger partial charge in [0.2, 0.25) is 0 Å². The number of ether oxygens (including phenoxy) is 1. The molecule has 180 valence electrons. The zero-order valence-corrected chi connectivity index (χ0v) is 20.6. The van der Waals surface area contributed by atoms with E-state index >= 15 is 0 Å². The molecule has 1 aliphatic rings. The van der Waals surface area contributed by atoms with Crippen LogP contribution in [0.15, 0.2) is 55.1 Å². The molecule has 2 aromatic carbocycles. The van der Waals surface area contributed by atoms with Crippen LogP contribution in [0.25, 0.3) is 11.1 Å². The van der Waals surface area contributed by atoms with Gasteiger partial charge < -0.3 is 9.64 Å². The molecule has 0 aromatic heterocycles. The summed E-state index contributed by atoms with van der Waals surface area (Å²) < 4.78 is 20.5. The lowest BCUT2D eigenvalue weighted by Gasteiger charge is -2.32. The number of carbonyl (C=O) groups excluding carboxylic acids is 1. The molecular weight excluding hydrogens is 413 g/mol. The molecule has 1 fully saturated rings. The zero-order valence-electron chi connectivity index (χ0n) is 20.6. The number of allylic oxidation sites excluding steroid dienone is 1. The van der Waals surface area contributed by atoms with Gasteiger partial charge in [0.25, 0.3) is 0 Å². The van der Waals surface area contributed by atoms with E-state index in [-0.39, 0.29) is 5.82 Å². The maximum Gasteiger partial charge on any atom is 0.165 e. The lowest BCUT2D eigenvalue weighted by atomic mass is 9.86. The van der Waals surface area contributed by atoms with Gasteiger partial charge in [-0.25, -0.2) is 4.39 Å². The normalized spacial score (nSPS) is 17.7. The van der Waals surface area contributed by atoms with E-state index in [4.69, 9.17) is 9.53 Å². The first-order chi connectivity index (χ1) is 16.0. The lowest BCUT2D eigenvalue weighted by Crippen LogP contribution is -2.33. The summed E-state index contributed by atoms with van der Waals surface area (Å²) in [7, 11) is 4.30. The van der Waals surface area contributed by atoms with E-state index in [0.717, 1.165) is 30.4 Å². The maximum absolute atomic E-state index is 14.6. The van der Waals surface area contributed by atoms with Crippen LogP contribution < -0.4 is 4.74 Å². The van der Waals surface area contributed by atoms with Gasteiger partial charge in [0.05, 0.1) is 6.61 Å². The standard InChI is InChI=1S/C26H36FNO.C3H4O/c1-4-5-6-7-20-8-12-22(13-9-20)23-14-17-26(25(27)18-23)29-19-21-10-15-24(16-11-21)28(2)3;1-2-3-4/h8-9,12-14,17-18,21,24H,4-7,10-11,15-16,19H2,1-3H3;2-3H,1H2. The van der Waals surface area contributed by atoms with E-state index in [2.05, 4.69) is 56.8 Å². The predicted molar refractivity (Wildman–Crippen MR) is 136 cm³/mol. The molecule has 1 saturated carbocycles. The SMILES string of the molecule is C=CC=O.CCCCCc1ccc(-c2ccc(OCC3CCC(N(C)C)CC3)c(F)c2)cc1. The van der Waals surface area contributed by atoms with Crippen LogP contribution in [0.1, 0.15) is 57.4 Å². The first-order valence-electron chi connectivity index (χ1n) is 12.2. The highest BCUT2D eigenvalue weighted by Crippen LogP contribution is 2.30. The van der Waals surface area contributed by atoms with Gasteiger partial charge in [0.15, 0.2) is 11.6 Å². The summed E-state index contributed by atoms with van der Waals surface area (Å²) in [5, 5.41) is 0. The largest absolute Gasteiger partial charge is 0.490 e. The van der Waals surface area contributed by atoms with Crippen molar-refractivity contribution in [1.29, 1.82) is 0 Å². The zero-order chi connectivity index (χ0) is 24.1. The molecule has 0 bridgehead atoms. The van der Waals surface area contributed by atoms with Crippen molar-refractivity contribution < 1.29 is 13.9 Å². The van der Waals surface area contributed by atoms with E-state index in [9.17, 15) is 4.39 Å². The summed E-state index contributed by atoms with van der Waals surface area (Å²) in [4.78, 5) is 11.4. The average Bonchev–Trinajstić information content (AvgIpc) is 2.84. The molecule has 0 unspecified atom stereocenters. The molecule has 0 atom stereocenters. The Morgan fingerprint density at radius 1 is 1.03 bits per heavy atom. The molecule has 33 heavy (non-hydrogen) atoms.